The number of nitrogen functional groups attached to an aromatic ring is 1. The van der Waals surface area contributed by atoms with Crippen LogP contribution in [0.1, 0.15) is 13.8 Å². The van der Waals surface area contributed by atoms with Gasteiger partial charge in [-0.2, -0.15) is 0 Å². The number of quaternary nitrogens is 1. The van der Waals surface area contributed by atoms with Crippen molar-refractivity contribution in [2.75, 3.05) is 23.7 Å². The molecular formula is C12H19FN3+. The highest BCUT2D eigenvalue weighted by atomic mass is 19.1. The van der Waals surface area contributed by atoms with Crippen molar-refractivity contribution in [1.29, 1.82) is 0 Å². The van der Waals surface area contributed by atoms with Crippen molar-refractivity contribution < 1.29 is 9.71 Å². The van der Waals surface area contributed by atoms with E-state index in [1.54, 1.807) is 12.1 Å². The zero-order chi connectivity index (χ0) is 11.7. The van der Waals surface area contributed by atoms with Gasteiger partial charge in [-0.1, -0.05) is 0 Å². The molecule has 0 bridgehead atoms. The van der Waals surface area contributed by atoms with Crippen LogP contribution in [0.5, 0.6) is 0 Å². The lowest BCUT2D eigenvalue weighted by Crippen LogP contribution is -2.99. The number of halogens is 1. The van der Waals surface area contributed by atoms with Gasteiger partial charge < -0.3 is 16.0 Å². The molecule has 0 aromatic heterocycles. The van der Waals surface area contributed by atoms with Crippen molar-refractivity contribution in [3.63, 3.8) is 0 Å². The first-order valence-corrected chi connectivity index (χ1v) is 5.71. The van der Waals surface area contributed by atoms with Gasteiger partial charge in [-0.15, -0.1) is 0 Å². The van der Waals surface area contributed by atoms with Gasteiger partial charge in [-0.25, -0.2) is 4.39 Å². The summed E-state index contributed by atoms with van der Waals surface area (Å²) < 4.78 is 13.8. The number of nitrogens with zero attached hydrogens (tertiary/aromatic N) is 1. The van der Waals surface area contributed by atoms with Gasteiger partial charge in [0, 0.05) is 5.69 Å². The Bertz CT molecular complexity index is 371. The van der Waals surface area contributed by atoms with Gasteiger partial charge in [-0.3, -0.25) is 0 Å². The Hall–Kier alpha value is -1.29. The summed E-state index contributed by atoms with van der Waals surface area (Å²) in [5, 5.41) is 2.33. The Kier molecular flexibility index (Phi) is 3.01. The molecule has 16 heavy (non-hydrogen) atoms. The minimum absolute atomic E-state index is 0.221. The number of nitrogens with two attached hydrogens (primary N) is 2. The Morgan fingerprint density at radius 3 is 2.50 bits per heavy atom. The number of benzene rings is 1. The quantitative estimate of drug-likeness (QED) is 0.685. The van der Waals surface area contributed by atoms with Crippen LogP contribution in [0.4, 0.5) is 15.8 Å². The van der Waals surface area contributed by atoms with E-state index in [-0.39, 0.29) is 5.82 Å². The van der Waals surface area contributed by atoms with E-state index in [0.717, 1.165) is 13.1 Å². The number of hydrogen-bond acceptors (Lipinski definition) is 2. The second-order valence-electron chi connectivity index (χ2n) is 4.76. The predicted octanol–water partition coefficient (Wildman–Crippen LogP) is 0.568. The smallest absolute Gasteiger partial charge is 0.148 e. The molecule has 4 heteroatoms. The third kappa shape index (κ3) is 2.27. The average molecular weight is 224 g/mol. The molecule has 88 valence electrons. The Labute approximate surface area is 95.4 Å². The summed E-state index contributed by atoms with van der Waals surface area (Å²) in [6.45, 7) is 6.09. The fraction of sp³-hybridized carbons (Fsp3) is 0.500. The van der Waals surface area contributed by atoms with E-state index in [4.69, 9.17) is 5.73 Å². The zero-order valence-electron chi connectivity index (χ0n) is 9.78. The molecule has 0 spiro atoms. The van der Waals surface area contributed by atoms with Crippen molar-refractivity contribution in [2.24, 2.45) is 0 Å². The summed E-state index contributed by atoms with van der Waals surface area (Å²) in [6, 6.07) is 5.92. The highest BCUT2D eigenvalue weighted by molar-refractivity contribution is 5.54. The van der Waals surface area contributed by atoms with Gasteiger partial charge in [-0.05, 0) is 32.0 Å². The first-order valence-electron chi connectivity index (χ1n) is 5.71. The predicted molar refractivity (Wildman–Crippen MR) is 63.9 cm³/mol. The Morgan fingerprint density at radius 2 is 1.94 bits per heavy atom. The van der Waals surface area contributed by atoms with Crippen LogP contribution < -0.4 is 16.0 Å². The molecular weight excluding hydrogens is 205 g/mol. The molecule has 0 aliphatic carbocycles. The molecule has 0 radical (unpaired) electrons. The summed E-state index contributed by atoms with van der Waals surface area (Å²) >= 11 is 0. The van der Waals surface area contributed by atoms with Gasteiger partial charge in [0.2, 0.25) is 0 Å². The molecule has 1 aromatic carbocycles. The fourth-order valence-electron chi connectivity index (χ4n) is 2.43. The van der Waals surface area contributed by atoms with E-state index in [9.17, 15) is 4.39 Å². The average Bonchev–Trinajstić information content (AvgIpc) is 2.15. The van der Waals surface area contributed by atoms with E-state index in [1.165, 1.54) is 6.07 Å². The van der Waals surface area contributed by atoms with E-state index < -0.39 is 0 Å². The van der Waals surface area contributed by atoms with Crippen molar-refractivity contribution in [1.82, 2.24) is 0 Å². The largest absolute Gasteiger partial charge is 0.399 e. The van der Waals surface area contributed by atoms with Gasteiger partial charge in [0.1, 0.15) is 17.9 Å². The Balaban J connectivity index is 2.23. The van der Waals surface area contributed by atoms with Gasteiger partial charge >= 0.3 is 0 Å². The SMILES string of the molecule is C[C@@H]1CN(c2ccc(N)cc2F)C[C@H](C)[NH2+]1. The van der Waals surface area contributed by atoms with Crippen LogP contribution in [0.2, 0.25) is 0 Å². The zero-order valence-corrected chi connectivity index (χ0v) is 9.78. The molecule has 4 N–H and O–H groups in total. The fourth-order valence-corrected chi connectivity index (χ4v) is 2.43. The number of piperazine rings is 1. The van der Waals surface area contributed by atoms with E-state index >= 15 is 0 Å². The van der Waals surface area contributed by atoms with E-state index in [1.807, 2.05) is 0 Å². The minimum atomic E-state index is -0.221. The molecule has 2 atom stereocenters. The highest BCUT2D eigenvalue weighted by Crippen LogP contribution is 2.22. The third-order valence-electron chi connectivity index (χ3n) is 2.99. The summed E-state index contributed by atoms with van der Waals surface area (Å²) in [6.07, 6.45) is 0. The lowest BCUT2D eigenvalue weighted by atomic mass is 10.1. The maximum Gasteiger partial charge on any atom is 0.148 e. The molecule has 0 saturated carbocycles. The molecule has 2 rings (SSSR count). The highest BCUT2D eigenvalue weighted by Gasteiger charge is 2.25. The molecule has 1 fully saturated rings. The molecule has 3 nitrogen and oxygen atoms in total. The molecule has 1 heterocycles. The maximum atomic E-state index is 13.8. The molecule has 0 amide bonds. The van der Waals surface area contributed by atoms with Crippen LogP contribution in [0.3, 0.4) is 0 Å². The van der Waals surface area contributed by atoms with Crippen LogP contribution >= 0.6 is 0 Å². The van der Waals surface area contributed by atoms with Crippen molar-refractivity contribution in [3.8, 4) is 0 Å². The lowest BCUT2D eigenvalue weighted by molar-refractivity contribution is -0.716. The molecule has 0 unspecified atom stereocenters. The van der Waals surface area contributed by atoms with E-state index in [0.29, 0.717) is 23.5 Å². The van der Waals surface area contributed by atoms with Gasteiger partial charge in [0.05, 0.1) is 18.8 Å². The molecule has 1 saturated heterocycles. The normalized spacial score (nSPS) is 25.8. The van der Waals surface area contributed by atoms with Crippen LogP contribution in [-0.4, -0.2) is 25.2 Å². The van der Waals surface area contributed by atoms with Crippen LogP contribution in [-0.2, 0) is 0 Å². The van der Waals surface area contributed by atoms with Crippen LogP contribution in [0.15, 0.2) is 18.2 Å². The topological polar surface area (TPSA) is 45.9 Å². The lowest BCUT2D eigenvalue weighted by Gasteiger charge is -2.35. The van der Waals surface area contributed by atoms with Gasteiger partial charge in [0.15, 0.2) is 0 Å². The monoisotopic (exact) mass is 224 g/mol. The van der Waals surface area contributed by atoms with E-state index in [2.05, 4.69) is 24.1 Å². The minimum Gasteiger partial charge on any atom is -0.399 e. The van der Waals surface area contributed by atoms with Crippen molar-refractivity contribution in [2.45, 2.75) is 25.9 Å². The maximum absolute atomic E-state index is 13.8. The van der Waals surface area contributed by atoms with Gasteiger partial charge in [0.25, 0.3) is 0 Å². The van der Waals surface area contributed by atoms with Crippen LogP contribution in [0, 0.1) is 5.82 Å². The number of rotatable bonds is 1. The summed E-state index contributed by atoms with van der Waals surface area (Å²) in [4.78, 5) is 2.10. The summed E-state index contributed by atoms with van der Waals surface area (Å²) in [5.74, 6) is -0.221. The van der Waals surface area contributed by atoms with Crippen molar-refractivity contribution in [3.05, 3.63) is 24.0 Å². The molecule has 1 aliphatic rings. The first kappa shape index (κ1) is 11.2. The standard InChI is InChI=1S/C12H18FN3/c1-8-6-16(7-9(2)15-8)12-4-3-10(14)5-11(12)13/h3-5,8-9,15H,6-7,14H2,1-2H3/p+1/t8-,9+. The number of hydrogen-bond donors (Lipinski definition) is 2. The summed E-state index contributed by atoms with van der Waals surface area (Å²) in [5.41, 5.74) is 6.69. The second kappa shape index (κ2) is 4.29. The van der Waals surface area contributed by atoms with Crippen LogP contribution in [0.25, 0.3) is 0 Å². The molecule has 1 aliphatic heterocycles. The summed E-state index contributed by atoms with van der Waals surface area (Å²) in [7, 11) is 0. The second-order valence-corrected chi connectivity index (χ2v) is 4.76. The third-order valence-corrected chi connectivity index (χ3v) is 2.99. The molecule has 1 aromatic rings. The Morgan fingerprint density at radius 1 is 1.31 bits per heavy atom. The van der Waals surface area contributed by atoms with Crippen molar-refractivity contribution >= 4 is 11.4 Å². The first-order chi connectivity index (χ1) is 7.56. The number of anilines is 2.